The first kappa shape index (κ1) is 9.53. The van der Waals surface area contributed by atoms with Gasteiger partial charge < -0.3 is 5.11 Å². The van der Waals surface area contributed by atoms with Gasteiger partial charge in [0, 0.05) is 5.56 Å². The summed E-state index contributed by atoms with van der Waals surface area (Å²) >= 11 is 0. The third kappa shape index (κ3) is 1.78. The molecule has 1 unspecified atom stereocenters. The number of nitriles is 1. The van der Waals surface area contributed by atoms with E-state index >= 15 is 0 Å². The molecule has 0 aromatic heterocycles. The van der Waals surface area contributed by atoms with Crippen molar-refractivity contribution in [2.45, 2.75) is 19.8 Å². The lowest BCUT2D eigenvalue weighted by Gasteiger charge is -2.06. The van der Waals surface area contributed by atoms with E-state index in [2.05, 4.69) is 0 Å². The summed E-state index contributed by atoms with van der Waals surface area (Å²) in [5, 5.41) is 17.9. The zero-order chi connectivity index (χ0) is 10.0. The number of rotatable bonds is 1. The highest BCUT2D eigenvalue weighted by Gasteiger charge is 2.10. The maximum atomic E-state index is 13.1. The Morgan fingerprint density at radius 2 is 2.15 bits per heavy atom. The van der Waals surface area contributed by atoms with Crippen LogP contribution in [0.2, 0.25) is 0 Å². The molecule has 0 amide bonds. The van der Waals surface area contributed by atoms with Gasteiger partial charge in [-0.25, -0.2) is 4.39 Å². The number of halogens is 1. The standard InChI is InChI=1S/C10H10FNO/c1-6(5-12)8-3-9(11)7(2)10(13)4-8/h3-4,6,13H,1-2H3. The number of benzene rings is 1. The van der Waals surface area contributed by atoms with Crippen molar-refractivity contribution in [3.05, 3.63) is 29.1 Å². The topological polar surface area (TPSA) is 44.0 Å². The minimum atomic E-state index is -0.475. The highest BCUT2D eigenvalue weighted by Crippen LogP contribution is 2.25. The van der Waals surface area contributed by atoms with Crippen molar-refractivity contribution >= 4 is 0 Å². The fraction of sp³-hybridized carbons (Fsp3) is 0.300. The van der Waals surface area contributed by atoms with Crippen LogP contribution in [-0.4, -0.2) is 5.11 Å². The number of hydrogen-bond acceptors (Lipinski definition) is 2. The Bertz CT molecular complexity index is 345. The summed E-state index contributed by atoms with van der Waals surface area (Å²) in [7, 11) is 0. The molecule has 1 atom stereocenters. The Balaban J connectivity index is 3.22. The lowest BCUT2D eigenvalue weighted by Crippen LogP contribution is -1.93. The van der Waals surface area contributed by atoms with Gasteiger partial charge in [-0.3, -0.25) is 0 Å². The van der Waals surface area contributed by atoms with Gasteiger partial charge in [0.2, 0.25) is 0 Å². The molecule has 1 aromatic rings. The van der Waals surface area contributed by atoms with Crippen LogP contribution < -0.4 is 0 Å². The smallest absolute Gasteiger partial charge is 0.130 e. The molecule has 0 spiro atoms. The third-order valence-electron chi connectivity index (χ3n) is 2.03. The van der Waals surface area contributed by atoms with Gasteiger partial charge in [0.05, 0.1) is 12.0 Å². The summed E-state index contributed by atoms with van der Waals surface area (Å²) in [5.41, 5.74) is 0.719. The molecular formula is C10H10FNO. The molecule has 0 heterocycles. The number of nitrogens with zero attached hydrogens (tertiary/aromatic N) is 1. The molecular weight excluding hydrogens is 169 g/mol. The molecule has 0 aliphatic rings. The first-order valence-corrected chi connectivity index (χ1v) is 3.95. The quantitative estimate of drug-likeness (QED) is 0.719. The maximum Gasteiger partial charge on any atom is 0.130 e. The van der Waals surface area contributed by atoms with E-state index in [0.717, 1.165) is 0 Å². The molecule has 68 valence electrons. The monoisotopic (exact) mass is 179 g/mol. The fourth-order valence-corrected chi connectivity index (χ4v) is 1.01. The van der Waals surface area contributed by atoms with Gasteiger partial charge in [-0.15, -0.1) is 0 Å². The van der Waals surface area contributed by atoms with Crippen LogP contribution in [0.4, 0.5) is 4.39 Å². The van der Waals surface area contributed by atoms with Crippen LogP contribution in [0.1, 0.15) is 24.0 Å². The van der Waals surface area contributed by atoms with E-state index in [4.69, 9.17) is 5.26 Å². The molecule has 1 N–H and O–H groups in total. The van der Waals surface area contributed by atoms with Crippen LogP contribution in [0.3, 0.4) is 0 Å². The van der Waals surface area contributed by atoms with E-state index in [-0.39, 0.29) is 11.3 Å². The second kappa shape index (κ2) is 3.44. The average Bonchev–Trinajstić information content (AvgIpc) is 2.12. The Morgan fingerprint density at radius 3 is 2.62 bits per heavy atom. The van der Waals surface area contributed by atoms with Crippen molar-refractivity contribution in [1.29, 1.82) is 5.26 Å². The Kier molecular flexibility index (Phi) is 2.52. The van der Waals surface area contributed by atoms with Crippen molar-refractivity contribution < 1.29 is 9.50 Å². The summed E-state index contributed by atoms with van der Waals surface area (Å²) in [6.07, 6.45) is 0. The largest absolute Gasteiger partial charge is 0.508 e. The van der Waals surface area contributed by atoms with Gasteiger partial charge in [0.1, 0.15) is 11.6 Å². The summed E-state index contributed by atoms with van der Waals surface area (Å²) in [6, 6.07) is 4.68. The average molecular weight is 179 g/mol. The summed E-state index contributed by atoms with van der Waals surface area (Å²) in [6.45, 7) is 3.15. The summed E-state index contributed by atoms with van der Waals surface area (Å²) in [5.74, 6) is -0.977. The van der Waals surface area contributed by atoms with Gasteiger partial charge in [-0.05, 0) is 31.5 Å². The van der Waals surface area contributed by atoms with Crippen molar-refractivity contribution in [1.82, 2.24) is 0 Å². The van der Waals surface area contributed by atoms with Crippen molar-refractivity contribution in [2.24, 2.45) is 0 Å². The number of phenols is 1. The number of aromatic hydroxyl groups is 1. The predicted octanol–water partition coefficient (Wildman–Crippen LogP) is 2.47. The molecule has 1 aromatic carbocycles. The molecule has 0 saturated heterocycles. The predicted molar refractivity (Wildman–Crippen MR) is 46.8 cm³/mol. The Hall–Kier alpha value is -1.56. The van der Waals surface area contributed by atoms with Gasteiger partial charge >= 0.3 is 0 Å². The van der Waals surface area contributed by atoms with Gasteiger partial charge in [-0.1, -0.05) is 0 Å². The van der Waals surface area contributed by atoms with Crippen molar-refractivity contribution in [3.63, 3.8) is 0 Å². The third-order valence-corrected chi connectivity index (χ3v) is 2.03. The Labute approximate surface area is 76.2 Å². The molecule has 3 heteroatoms. The van der Waals surface area contributed by atoms with Crippen LogP contribution >= 0.6 is 0 Å². The molecule has 0 saturated carbocycles. The van der Waals surface area contributed by atoms with Crippen molar-refractivity contribution in [3.8, 4) is 11.8 Å². The highest BCUT2D eigenvalue weighted by atomic mass is 19.1. The number of phenolic OH excluding ortho intramolecular Hbond substituents is 1. The van der Waals surface area contributed by atoms with Gasteiger partial charge in [0.15, 0.2) is 0 Å². The Morgan fingerprint density at radius 1 is 1.54 bits per heavy atom. The highest BCUT2D eigenvalue weighted by molar-refractivity contribution is 5.39. The molecule has 0 aliphatic carbocycles. The van der Waals surface area contributed by atoms with E-state index in [9.17, 15) is 9.50 Å². The van der Waals surface area contributed by atoms with E-state index in [1.165, 1.54) is 19.1 Å². The molecule has 13 heavy (non-hydrogen) atoms. The first-order chi connectivity index (χ1) is 6.06. The van der Waals surface area contributed by atoms with E-state index in [1.807, 2.05) is 6.07 Å². The minimum Gasteiger partial charge on any atom is -0.508 e. The second-order valence-corrected chi connectivity index (χ2v) is 3.00. The molecule has 0 bridgehead atoms. The fourth-order valence-electron chi connectivity index (χ4n) is 1.01. The molecule has 1 rings (SSSR count). The van der Waals surface area contributed by atoms with E-state index in [0.29, 0.717) is 5.56 Å². The van der Waals surface area contributed by atoms with Crippen LogP contribution in [-0.2, 0) is 0 Å². The minimum absolute atomic E-state index is 0.0999. The zero-order valence-corrected chi connectivity index (χ0v) is 7.50. The van der Waals surface area contributed by atoms with Crippen LogP contribution in [0.5, 0.6) is 5.75 Å². The van der Waals surface area contributed by atoms with Crippen LogP contribution in [0.25, 0.3) is 0 Å². The summed E-state index contributed by atoms with van der Waals surface area (Å²) < 4.78 is 13.1. The lowest BCUT2D eigenvalue weighted by atomic mass is 10.0. The molecule has 0 fully saturated rings. The SMILES string of the molecule is Cc1c(O)cc(C(C)C#N)cc1F. The van der Waals surface area contributed by atoms with Gasteiger partial charge in [-0.2, -0.15) is 5.26 Å². The number of hydrogen-bond donors (Lipinski definition) is 1. The zero-order valence-electron chi connectivity index (χ0n) is 7.50. The molecule has 0 radical (unpaired) electrons. The normalized spacial score (nSPS) is 12.2. The van der Waals surface area contributed by atoms with Gasteiger partial charge in [0.25, 0.3) is 0 Å². The van der Waals surface area contributed by atoms with Crippen molar-refractivity contribution in [2.75, 3.05) is 0 Å². The maximum absolute atomic E-state index is 13.1. The van der Waals surface area contributed by atoms with E-state index in [1.54, 1.807) is 6.92 Å². The first-order valence-electron chi connectivity index (χ1n) is 3.95. The molecule has 0 aliphatic heterocycles. The lowest BCUT2D eigenvalue weighted by molar-refractivity contribution is 0.461. The molecule has 2 nitrogen and oxygen atoms in total. The van der Waals surface area contributed by atoms with Crippen LogP contribution in [0.15, 0.2) is 12.1 Å². The second-order valence-electron chi connectivity index (χ2n) is 3.00. The summed E-state index contributed by atoms with van der Waals surface area (Å²) in [4.78, 5) is 0. The van der Waals surface area contributed by atoms with Crippen LogP contribution in [0, 0.1) is 24.1 Å². The van der Waals surface area contributed by atoms with E-state index < -0.39 is 11.7 Å².